The fraction of sp³-hybridized carbons (Fsp3) is 0.348. The molecule has 4 amide bonds. The average molecular weight is 474 g/mol. The minimum atomic E-state index is -0.675. The van der Waals surface area contributed by atoms with Gasteiger partial charge in [-0.3, -0.25) is 29.2 Å². The molecule has 1 unspecified atom stereocenters. The second-order valence-electron chi connectivity index (χ2n) is 8.99. The molecule has 4 heterocycles. The minimum Gasteiger partial charge on any atom is -0.322 e. The maximum Gasteiger partial charge on any atom is 0.279 e. The molecule has 12 nitrogen and oxygen atoms in total. The number of rotatable bonds is 4. The normalized spacial score (nSPS) is 19.1. The largest absolute Gasteiger partial charge is 0.322 e. The second-order valence-corrected chi connectivity index (χ2v) is 8.99. The third-order valence-electron chi connectivity index (χ3n) is 6.80. The Labute approximate surface area is 199 Å². The number of hydrogen-bond donors (Lipinski definition) is 2. The topological polar surface area (TPSA) is 144 Å². The van der Waals surface area contributed by atoms with Crippen LogP contribution in [0.3, 0.4) is 0 Å². The van der Waals surface area contributed by atoms with Gasteiger partial charge in [-0.1, -0.05) is 5.21 Å². The van der Waals surface area contributed by atoms with Crippen molar-refractivity contribution in [3.8, 4) is 5.69 Å². The number of fused-ring (bicyclic) bond motifs is 2. The van der Waals surface area contributed by atoms with Gasteiger partial charge in [0.1, 0.15) is 11.9 Å². The van der Waals surface area contributed by atoms with Crippen LogP contribution in [-0.4, -0.2) is 59.3 Å². The highest BCUT2D eigenvalue weighted by Crippen LogP contribution is 2.30. The van der Waals surface area contributed by atoms with E-state index in [2.05, 4.69) is 26.0 Å². The number of carbonyl (C=O) groups is 4. The van der Waals surface area contributed by atoms with Crippen molar-refractivity contribution in [2.24, 2.45) is 7.05 Å². The van der Waals surface area contributed by atoms with Crippen molar-refractivity contribution in [2.75, 3.05) is 5.32 Å². The summed E-state index contributed by atoms with van der Waals surface area (Å²) in [6.07, 6.45) is 4.86. The van der Waals surface area contributed by atoms with E-state index < -0.39 is 11.9 Å². The highest BCUT2D eigenvalue weighted by atomic mass is 16.2. The minimum absolute atomic E-state index is 0.152. The first-order valence-electron chi connectivity index (χ1n) is 11.5. The number of benzene rings is 1. The van der Waals surface area contributed by atoms with Crippen LogP contribution in [0.5, 0.6) is 0 Å². The van der Waals surface area contributed by atoms with E-state index in [1.165, 1.54) is 15.8 Å². The van der Waals surface area contributed by atoms with Crippen molar-refractivity contribution >= 4 is 29.4 Å². The average Bonchev–Trinajstić information content (AvgIpc) is 3.60. The summed E-state index contributed by atoms with van der Waals surface area (Å²) < 4.78 is 3.15. The third kappa shape index (κ3) is 3.49. The molecular formula is C23H22N8O4. The molecule has 3 aliphatic rings. The predicted octanol–water partition coefficient (Wildman–Crippen LogP) is 0.503. The molecule has 0 bridgehead atoms. The molecule has 2 aromatic heterocycles. The van der Waals surface area contributed by atoms with E-state index in [4.69, 9.17) is 0 Å². The molecule has 1 aliphatic carbocycles. The van der Waals surface area contributed by atoms with Crippen LogP contribution in [0.4, 0.5) is 5.82 Å². The van der Waals surface area contributed by atoms with E-state index in [9.17, 15) is 19.2 Å². The van der Waals surface area contributed by atoms with Crippen LogP contribution in [0.25, 0.3) is 5.69 Å². The molecule has 3 aromatic rings. The van der Waals surface area contributed by atoms with Gasteiger partial charge in [0, 0.05) is 31.1 Å². The zero-order valence-corrected chi connectivity index (χ0v) is 18.9. The molecule has 2 aliphatic heterocycles. The Bertz CT molecular complexity index is 1420. The van der Waals surface area contributed by atoms with Gasteiger partial charge in [-0.2, -0.15) is 5.10 Å². The summed E-state index contributed by atoms with van der Waals surface area (Å²) in [6, 6.07) is 4.52. The van der Waals surface area contributed by atoms with Gasteiger partial charge in [-0.15, -0.1) is 5.10 Å². The van der Waals surface area contributed by atoms with Gasteiger partial charge in [-0.25, -0.2) is 4.68 Å². The van der Waals surface area contributed by atoms with Crippen molar-refractivity contribution in [3.63, 3.8) is 0 Å². The number of nitrogens with one attached hydrogen (secondary N) is 2. The lowest BCUT2D eigenvalue weighted by molar-refractivity contribution is -0.136. The van der Waals surface area contributed by atoms with Gasteiger partial charge in [0.05, 0.1) is 17.6 Å². The van der Waals surface area contributed by atoms with Crippen LogP contribution in [0.2, 0.25) is 0 Å². The molecule has 0 radical (unpaired) electrons. The van der Waals surface area contributed by atoms with E-state index in [0.717, 1.165) is 36.1 Å². The van der Waals surface area contributed by atoms with Gasteiger partial charge >= 0.3 is 0 Å². The number of amides is 4. The molecule has 1 atom stereocenters. The summed E-state index contributed by atoms with van der Waals surface area (Å²) in [6.45, 7) is 0.252. The zero-order valence-electron chi connectivity index (χ0n) is 18.9. The van der Waals surface area contributed by atoms with Crippen LogP contribution in [0.15, 0.2) is 24.4 Å². The first kappa shape index (κ1) is 21.2. The maximum atomic E-state index is 12.9. The smallest absolute Gasteiger partial charge is 0.279 e. The van der Waals surface area contributed by atoms with E-state index >= 15 is 0 Å². The number of piperidine rings is 1. The van der Waals surface area contributed by atoms with Crippen LogP contribution in [0.1, 0.15) is 56.9 Å². The van der Waals surface area contributed by atoms with Crippen molar-refractivity contribution in [3.05, 3.63) is 52.5 Å². The number of aryl methyl sites for hydroxylation is 2. The quantitative estimate of drug-likeness (QED) is 0.524. The van der Waals surface area contributed by atoms with Gasteiger partial charge in [-0.05, 0) is 49.4 Å². The molecule has 178 valence electrons. The Morgan fingerprint density at radius 2 is 2.03 bits per heavy atom. The number of hydrogen-bond acceptors (Lipinski definition) is 7. The van der Waals surface area contributed by atoms with Crippen LogP contribution >= 0.6 is 0 Å². The maximum absolute atomic E-state index is 12.9. The van der Waals surface area contributed by atoms with E-state index in [1.807, 2.05) is 0 Å². The lowest BCUT2D eigenvalue weighted by atomic mass is 10.0. The molecule has 35 heavy (non-hydrogen) atoms. The Kier molecular flexibility index (Phi) is 4.76. The number of nitrogens with zero attached hydrogens (tertiary/aromatic N) is 6. The van der Waals surface area contributed by atoms with Crippen molar-refractivity contribution in [1.29, 1.82) is 0 Å². The molecule has 1 fully saturated rings. The predicted molar refractivity (Wildman–Crippen MR) is 121 cm³/mol. The van der Waals surface area contributed by atoms with Crippen LogP contribution in [0, 0.1) is 0 Å². The van der Waals surface area contributed by atoms with Crippen molar-refractivity contribution in [1.82, 2.24) is 35.0 Å². The van der Waals surface area contributed by atoms with Crippen LogP contribution in [-0.2, 0) is 36.0 Å². The monoisotopic (exact) mass is 474 g/mol. The summed E-state index contributed by atoms with van der Waals surface area (Å²) in [5, 5.41) is 17.8. The number of aromatic nitrogens is 5. The van der Waals surface area contributed by atoms with E-state index in [1.54, 1.807) is 29.9 Å². The summed E-state index contributed by atoms with van der Waals surface area (Å²) >= 11 is 0. The van der Waals surface area contributed by atoms with Gasteiger partial charge in [0.25, 0.3) is 11.8 Å². The summed E-state index contributed by atoms with van der Waals surface area (Å²) in [4.78, 5) is 50.9. The summed E-state index contributed by atoms with van der Waals surface area (Å²) in [5.41, 5.74) is 4.11. The van der Waals surface area contributed by atoms with Gasteiger partial charge < -0.3 is 10.2 Å². The fourth-order valence-electron chi connectivity index (χ4n) is 5.04. The molecule has 6 rings (SSSR count). The second kappa shape index (κ2) is 7.86. The number of anilines is 1. The summed E-state index contributed by atoms with van der Waals surface area (Å²) in [5.74, 6) is -0.718. The molecular weight excluding hydrogens is 452 g/mol. The van der Waals surface area contributed by atoms with Crippen LogP contribution < -0.4 is 10.6 Å². The number of imide groups is 1. The first-order valence-corrected chi connectivity index (χ1v) is 11.5. The van der Waals surface area contributed by atoms with Gasteiger partial charge in [0.2, 0.25) is 11.8 Å². The standard InChI is InChI=1S/C23H22N8O4/c1-29-20(15-3-2-4-16(15)27-29)25-21(33)17-11-31(28-26-17)13-5-6-14-12(9-13)10-30(23(14)35)18-7-8-19(32)24-22(18)34/h5-6,9,11,18H,2-4,7-8,10H2,1H3,(H,25,33)(H,24,32,34). The molecule has 0 saturated carbocycles. The lowest BCUT2D eigenvalue weighted by Gasteiger charge is -2.29. The Morgan fingerprint density at radius 3 is 2.86 bits per heavy atom. The molecule has 12 heteroatoms. The van der Waals surface area contributed by atoms with Gasteiger partial charge in [0.15, 0.2) is 5.69 Å². The van der Waals surface area contributed by atoms with Crippen molar-refractivity contribution < 1.29 is 19.2 Å². The van der Waals surface area contributed by atoms with E-state index in [-0.39, 0.29) is 36.4 Å². The summed E-state index contributed by atoms with van der Waals surface area (Å²) in [7, 11) is 1.80. The third-order valence-corrected chi connectivity index (χ3v) is 6.80. The highest BCUT2D eigenvalue weighted by molar-refractivity contribution is 6.05. The lowest BCUT2D eigenvalue weighted by Crippen LogP contribution is -2.52. The Balaban J connectivity index is 1.20. The Hall–Kier alpha value is -4.35. The van der Waals surface area contributed by atoms with Crippen molar-refractivity contribution in [2.45, 2.75) is 44.7 Å². The Morgan fingerprint density at radius 1 is 1.17 bits per heavy atom. The number of carbonyl (C=O) groups excluding carboxylic acids is 4. The fourth-order valence-corrected chi connectivity index (χ4v) is 5.04. The molecule has 2 N–H and O–H groups in total. The zero-order chi connectivity index (χ0) is 24.3. The molecule has 0 spiro atoms. The SMILES string of the molecule is Cn1nc2c(c1NC(=O)c1cn(-c3ccc4c(c3)CN(C3CCC(=O)NC3=O)C4=O)nn1)CCC2. The molecule has 1 aromatic carbocycles. The van der Waals surface area contributed by atoms with E-state index in [0.29, 0.717) is 23.5 Å². The highest BCUT2D eigenvalue weighted by Gasteiger charge is 2.39. The first-order chi connectivity index (χ1) is 16.9. The molecule has 1 saturated heterocycles.